The number of hydrogen-bond donors (Lipinski definition) is 0. The Kier molecular flexibility index (Phi) is 5.67. The van der Waals surface area contributed by atoms with E-state index in [9.17, 15) is 4.39 Å². The third-order valence-electron chi connectivity index (χ3n) is 4.15. The van der Waals surface area contributed by atoms with E-state index in [1.807, 2.05) is 47.0 Å². The summed E-state index contributed by atoms with van der Waals surface area (Å²) in [6.45, 7) is 0. The molecular weight excluding hydrogens is 416 g/mol. The molecule has 0 saturated heterocycles. The van der Waals surface area contributed by atoms with E-state index in [1.54, 1.807) is 24.3 Å². The summed E-state index contributed by atoms with van der Waals surface area (Å²) < 4.78 is 15.9. The van der Waals surface area contributed by atoms with Crippen molar-refractivity contribution in [3.05, 3.63) is 94.2 Å². The molecule has 0 radical (unpaired) electrons. The van der Waals surface area contributed by atoms with Crippen molar-refractivity contribution in [2.24, 2.45) is 0 Å². The van der Waals surface area contributed by atoms with Crippen molar-refractivity contribution >= 4 is 35.0 Å². The zero-order valence-electron chi connectivity index (χ0n) is 14.5. The van der Waals surface area contributed by atoms with Crippen LogP contribution in [0.5, 0.6) is 0 Å². The van der Waals surface area contributed by atoms with E-state index in [2.05, 4.69) is 10.2 Å². The predicted octanol–water partition coefficient (Wildman–Crippen LogP) is 6.67. The van der Waals surface area contributed by atoms with Gasteiger partial charge < -0.3 is 0 Å². The minimum Gasteiger partial charge on any atom is -0.270 e. The van der Waals surface area contributed by atoms with Gasteiger partial charge in [0, 0.05) is 22.0 Å². The first kappa shape index (κ1) is 19.0. The van der Waals surface area contributed by atoms with Gasteiger partial charge in [-0.15, -0.1) is 10.2 Å². The summed E-state index contributed by atoms with van der Waals surface area (Å²) in [6.07, 6.45) is 0. The van der Waals surface area contributed by atoms with Crippen molar-refractivity contribution in [2.75, 3.05) is 0 Å². The van der Waals surface area contributed by atoms with Crippen LogP contribution in [0.1, 0.15) is 5.56 Å². The van der Waals surface area contributed by atoms with Gasteiger partial charge in [0.05, 0.1) is 5.02 Å². The lowest BCUT2D eigenvalue weighted by atomic mass is 10.2. The molecule has 0 fully saturated rings. The SMILES string of the molecule is Fc1ccccc1CSc1nnc(-c2ccccc2Cl)n1-c1ccc(Cl)cc1. The van der Waals surface area contributed by atoms with Crippen LogP contribution in [0.25, 0.3) is 17.1 Å². The van der Waals surface area contributed by atoms with Gasteiger partial charge in [-0.2, -0.15) is 0 Å². The summed E-state index contributed by atoms with van der Waals surface area (Å²) in [5.74, 6) is 0.809. The van der Waals surface area contributed by atoms with E-state index >= 15 is 0 Å². The summed E-state index contributed by atoms with van der Waals surface area (Å²) in [5.41, 5.74) is 2.22. The van der Waals surface area contributed by atoms with Gasteiger partial charge in [0.2, 0.25) is 0 Å². The molecule has 140 valence electrons. The Morgan fingerprint density at radius 1 is 0.857 bits per heavy atom. The zero-order chi connectivity index (χ0) is 19.5. The molecule has 1 aromatic heterocycles. The predicted molar refractivity (Wildman–Crippen MR) is 113 cm³/mol. The van der Waals surface area contributed by atoms with Crippen LogP contribution in [0, 0.1) is 5.82 Å². The minimum absolute atomic E-state index is 0.237. The number of rotatable bonds is 5. The lowest BCUT2D eigenvalue weighted by Gasteiger charge is -2.11. The topological polar surface area (TPSA) is 30.7 Å². The van der Waals surface area contributed by atoms with Crippen LogP contribution in [-0.2, 0) is 5.75 Å². The Hall–Kier alpha value is -2.34. The van der Waals surface area contributed by atoms with Gasteiger partial charge in [-0.1, -0.05) is 65.3 Å². The normalized spacial score (nSPS) is 11.0. The molecule has 0 aliphatic rings. The fourth-order valence-electron chi connectivity index (χ4n) is 2.76. The molecule has 3 aromatic carbocycles. The second kappa shape index (κ2) is 8.35. The Morgan fingerprint density at radius 2 is 1.57 bits per heavy atom. The molecular formula is C21H14Cl2FN3S. The molecule has 0 atom stereocenters. The zero-order valence-corrected chi connectivity index (χ0v) is 16.8. The molecule has 1 heterocycles. The van der Waals surface area contributed by atoms with Crippen LogP contribution in [0.3, 0.4) is 0 Å². The fraction of sp³-hybridized carbons (Fsp3) is 0.0476. The van der Waals surface area contributed by atoms with Crippen LogP contribution in [-0.4, -0.2) is 14.8 Å². The first-order valence-corrected chi connectivity index (χ1v) is 10.2. The highest BCUT2D eigenvalue weighted by molar-refractivity contribution is 7.98. The van der Waals surface area contributed by atoms with Gasteiger partial charge in [0.1, 0.15) is 5.82 Å². The molecule has 0 aliphatic carbocycles. The second-order valence-electron chi connectivity index (χ2n) is 5.98. The molecule has 0 unspecified atom stereocenters. The standard InChI is InChI=1S/C21H14Cl2FN3S/c22-15-9-11-16(12-10-15)27-20(17-6-2-3-7-18(17)23)25-26-21(27)28-13-14-5-1-4-8-19(14)24/h1-12H,13H2. The third kappa shape index (κ3) is 3.92. The van der Waals surface area contributed by atoms with Crippen LogP contribution >= 0.6 is 35.0 Å². The lowest BCUT2D eigenvalue weighted by molar-refractivity contribution is 0.617. The van der Waals surface area contributed by atoms with Crippen molar-refractivity contribution < 1.29 is 4.39 Å². The van der Waals surface area contributed by atoms with Crippen LogP contribution in [0.2, 0.25) is 10.0 Å². The Balaban J connectivity index is 1.77. The number of nitrogens with zero attached hydrogens (tertiary/aromatic N) is 3. The molecule has 4 aromatic rings. The summed E-state index contributed by atoms with van der Waals surface area (Å²) in [5, 5.41) is 10.6. The highest BCUT2D eigenvalue weighted by atomic mass is 35.5. The molecule has 0 saturated carbocycles. The molecule has 0 spiro atoms. The highest BCUT2D eigenvalue weighted by Gasteiger charge is 2.18. The van der Waals surface area contributed by atoms with Gasteiger partial charge in [0.15, 0.2) is 11.0 Å². The molecule has 0 bridgehead atoms. The first-order chi connectivity index (χ1) is 13.6. The van der Waals surface area contributed by atoms with E-state index in [0.29, 0.717) is 32.3 Å². The summed E-state index contributed by atoms with van der Waals surface area (Å²) in [4.78, 5) is 0. The van der Waals surface area contributed by atoms with E-state index < -0.39 is 0 Å². The molecule has 0 aliphatic heterocycles. The molecule has 3 nitrogen and oxygen atoms in total. The maximum atomic E-state index is 14.0. The van der Waals surface area contributed by atoms with Gasteiger partial charge in [0.25, 0.3) is 0 Å². The van der Waals surface area contributed by atoms with Crippen LogP contribution in [0.15, 0.2) is 78.0 Å². The van der Waals surface area contributed by atoms with Crippen molar-refractivity contribution in [1.82, 2.24) is 14.8 Å². The fourth-order valence-corrected chi connectivity index (χ4v) is 4.05. The van der Waals surface area contributed by atoms with Gasteiger partial charge in [-0.3, -0.25) is 4.57 Å². The second-order valence-corrected chi connectivity index (χ2v) is 7.76. The third-order valence-corrected chi connectivity index (χ3v) is 5.71. The lowest BCUT2D eigenvalue weighted by Crippen LogP contribution is -2.00. The number of thioether (sulfide) groups is 1. The van der Waals surface area contributed by atoms with E-state index in [0.717, 1.165) is 11.3 Å². The number of benzene rings is 3. The number of halogens is 3. The van der Waals surface area contributed by atoms with Crippen molar-refractivity contribution in [3.63, 3.8) is 0 Å². The summed E-state index contributed by atoms with van der Waals surface area (Å²) in [7, 11) is 0. The Labute approximate surface area is 176 Å². The average molecular weight is 430 g/mol. The summed E-state index contributed by atoms with van der Waals surface area (Å²) >= 11 is 13.8. The molecule has 28 heavy (non-hydrogen) atoms. The number of hydrogen-bond acceptors (Lipinski definition) is 3. The van der Waals surface area contributed by atoms with Crippen molar-refractivity contribution in [3.8, 4) is 17.1 Å². The van der Waals surface area contributed by atoms with E-state index in [4.69, 9.17) is 23.2 Å². The largest absolute Gasteiger partial charge is 0.270 e. The quantitative estimate of drug-likeness (QED) is 0.331. The van der Waals surface area contributed by atoms with E-state index in [-0.39, 0.29) is 5.82 Å². The van der Waals surface area contributed by atoms with Gasteiger partial charge in [-0.05, 0) is 48.0 Å². The van der Waals surface area contributed by atoms with E-state index in [1.165, 1.54) is 17.8 Å². The maximum absolute atomic E-state index is 14.0. The molecule has 0 N–H and O–H groups in total. The van der Waals surface area contributed by atoms with Crippen molar-refractivity contribution in [1.29, 1.82) is 0 Å². The highest BCUT2D eigenvalue weighted by Crippen LogP contribution is 2.33. The van der Waals surface area contributed by atoms with Gasteiger partial charge in [-0.25, -0.2) is 4.39 Å². The average Bonchev–Trinajstić information content (AvgIpc) is 3.12. The van der Waals surface area contributed by atoms with Crippen LogP contribution in [0.4, 0.5) is 4.39 Å². The monoisotopic (exact) mass is 429 g/mol. The minimum atomic E-state index is -0.237. The van der Waals surface area contributed by atoms with Crippen molar-refractivity contribution in [2.45, 2.75) is 10.9 Å². The number of aromatic nitrogens is 3. The Morgan fingerprint density at radius 3 is 2.32 bits per heavy atom. The Bertz CT molecular complexity index is 1110. The van der Waals surface area contributed by atoms with Crippen LogP contribution < -0.4 is 0 Å². The maximum Gasteiger partial charge on any atom is 0.196 e. The smallest absolute Gasteiger partial charge is 0.196 e. The molecule has 7 heteroatoms. The summed E-state index contributed by atoms with van der Waals surface area (Å²) in [6, 6.07) is 21.6. The molecule has 4 rings (SSSR count). The first-order valence-electron chi connectivity index (χ1n) is 8.46. The van der Waals surface area contributed by atoms with Gasteiger partial charge >= 0.3 is 0 Å². The molecule has 0 amide bonds.